The van der Waals surface area contributed by atoms with Gasteiger partial charge >= 0.3 is 0 Å². The van der Waals surface area contributed by atoms with Gasteiger partial charge in [0.25, 0.3) is 0 Å². The van der Waals surface area contributed by atoms with Crippen LogP contribution in [0.5, 0.6) is 0 Å². The Kier molecular flexibility index (Phi) is 3.97. The number of aromatic amines is 1. The fourth-order valence-corrected chi connectivity index (χ4v) is 5.31. The second kappa shape index (κ2) is 6.72. The first-order valence-corrected chi connectivity index (χ1v) is 11.3. The minimum absolute atomic E-state index is 0.948. The van der Waals surface area contributed by atoms with Crippen molar-refractivity contribution in [3.05, 3.63) is 83.0 Å². The molecule has 2 N–H and O–H groups in total. The first kappa shape index (κ1) is 17.7. The van der Waals surface area contributed by atoms with Gasteiger partial charge in [0, 0.05) is 32.8 Å². The zero-order valence-corrected chi connectivity index (χ0v) is 18.5. The van der Waals surface area contributed by atoms with E-state index in [4.69, 9.17) is 4.98 Å². The lowest BCUT2D eigenvalue weighted by atomic mass is 10.1. The molecule has 6 rings (SSSR count). The zero-order chi connectivity index (χ0) is 20.2. The van der Waals surface area contributed by atoms with Crippen molar-refractivity contribution in [3.63, 3.8) is 0 Å². The fraction of sp³-hybridized carbons (Fsp3) is 0.0417. The monoisotopic (exact) mass is 472 g/mol. The van der Waals surface area contributed by atoms with Gasteiger partial charge < -0.3 is 10.3 Å². The molecule has 3 aromatic heterocycles. The summed E-state index contributed by atoms with van der Waals surface area (Å²) in [5.74, 6) is 0.979. The van der Waals surface area contributed by atoms with E-state index < -0.39 is 0 Å². The minimum Gasteiger partial charge on any atom is -0.360 e. The second-order valence-electron chi connectivity index (χ2n) is 7.38. The van der Waals surface area contributed by atoms with Crippen LogP contribution in [0.25, 0.3) is 37.3 Å². The highest BCUT2D eigenvalue weighted by atomic mass is 79.9. The predicted octanol–water partition coefficient (Wildman–Crippen LogP) is 7.51. The number of nitrogens with one attached hydrogen (secondary N) is 2. The molecule has 0 saturated carbocycles. The summed E-state index contributed by atoms with van der Waals surface area (Å²) in [6, 6.07) is 23.1. The molecule has 0 aliphatic carbocycles. The van der Waals surface area contributed by atoms with Gasteiger partial charge in [0.1, 0.15) is 11.5 Å². The van der Waals surface area contributed by atoms with Crippen LogP contribution in [-0.2, 0) is 0 Å². The summed E-state index contributed by atoms with van der Waals surface area (Å²) >= 11 is 5.24. The van der Waals surface area contributed by atoms with Crippen molar-refractivity contribution < 1.29 is 0 Å². The number of rotatable bonds is 3. The van der Waals surface area contributed by atoms with Crippen LogP contribution in [0.2, 0.25) is 0 Å². The average molecular weight is 473 g/mol. The average Bonchev–Trinajstić information content (AvgIpc) is 3.41. The van der Waals surface area contributed by atoms with E-state index in [1.54, 1.807) is 11.3 Å². The standard InChI is InChI=1S/C24H17BrN4S/c1-14-6-11-20-21(12-14)30-24-28-22(18-13-26-19-5-3-2-4-17(18)19)23(29(20)24)27-16-9-7-15(25)8-10-16/h2-13,26-27H,1H3. The number of imidazole rings is 1. The zero-order valence-electron chi connectivity index (χ0n) is 16.1. The van der Waals surface area contributed by atoms with Crippen molar-refractivity contribution in [2.24, 2.45) is 0 Å². The molecule has 6 heteroatoms. The Morgan fingerprint density at radius 3 is 2.73 bits per heavy atom. The summed E-state index contributed by atoms with van der Waals surface area (Å²) in [5, 5.41) is 4.81. The maximum absolute atomic E-state index is 5.08. The van der Waals surface area contributed by atoms with Crippen molar-refractivity contribution in [1.82, 2.24) is 14.4 Å². The van der Waals surface area contributed by atoms with Crippen molar-refractivity contribution in [3.8, 4) is 11.3 Å². The van der Waals surface area contributed by atoms with E-state index in [-0.39, 0.29) is 0 Å². The molecule has 146 valence electrons. The highest BCUT2D eigenvalue weighted by Crippen LogP contribution is 2.40. The van der Waals surface area contributed by atoms with Crippen LogP contribution in [-0.4, -0.2) is 14.4 Å². The Labute approximate surface area is 185 Å². The number of benzene rings is 3. The Bertz CT molecular complexity index is 1540. The third-order valence-corrected chi connectivity index (χ3v) is 6.89. The molecule has 0 atom stereocenters. The summed E-state index contributed by atoms with van der Waals surface area (Å²) in [7, 11) is 0. The van der Waals surface area contributed by atoms with Gasteiger partial charge in [0.2, 0.25) is 0 Å². The van der Waals surface area contributed by atoms with E-state index in [0.717, 1.165) is 37.7 Å². The Morgan fingerprint density at radius 2 is 1.87 bits per heavy atom. The highest BCUT2D eigenvalue weighted by Gasteiger charge is 2.21. The van der Waals surface area contributed by atoms with E-state index in [0.29, 0.717) is 0 Å². The number of hydrogen-bond acceptors (Lipinski definition) is 3. The summed E-state index contributed by atoms with van der Waals surface area (Å²) in [5.41, 5.74) is 6.60. The molecule has 0 amide bonds. The normalized spacial score (nSPS) is 11.7. The number of H-pyrrole nitrogens is 1. The number of hydrogen-bond donors (Lipinski definition) is 2. The largest absolute Gasteiger partial charge is 0.360 e. The number of halogens is 1. The number of anilines is 2. The van der Waals surface area contributed by atoms with Crippen molar-refractivity contribution >= 4 is 64.9 Å². The van der Waals surface area contributed by atoms with Crippen molar-refractivity contribution in [1.29, 1.82) is 0 Å². The molecule has 0 unspecified atom stereocenters. The molecule has 0 aliphatic heterocycles. The maximum atomic E-state index is 5.08. The van der Waals surface area contributed by atoms with E-state index in [1.165, 1.54) is 21.2 Å². The second-order valence-corrected chi connectivity index (χ2v) is 9.30. The Balaban J connectivity index is 1.64. The number of fused-ring (bicyclic) bond motifs is 4. The molecule has 3 aromatic carbocycles. The number of nitrogens with zero attached hydrogens (tertiary/aromatic N) is 2. The minimum atomic E-state index is 0.948. The third kappa shape index (κ3) is 2.75. The topological polar surface area (TPSA) is 45.1 Å². The van der Waals surface area contributed by atoms with Crippen LogP contribution >= 0.6 is 27.3 Å². The van der Waals surface area contributed by atoms with E-state index >= 15 is 0 Å². The molecule has 0 spiro atoms. The van der Waals surface area contributed by atoms with Gasteiger partial charge in [-0.05, 0) is 55.0 Å². The number of thiazole rings is 1. The molecular formula is C24H17BrN4S. The van der Waals surface area contributed by atoms with E-state index in [2.05, 4.69) is 92.3 Å². The number of aryl methyl sites for hydroxylation is 1. The quantitative estimate of drug-likeness (QED) is 0.279. The molecular weight excluding hydrogens is 456 g/mol. The molecule has 0 fully saturated rings. The summed E-state index contributed by atoms with van der Waals surface area (Å²) in [6.45, 7) is 2.13. The maximum Gasteiger partial charge on any atom is 0.197 e. The summed E-state index contributed by atoms with van der Waals surface area (Å²) < 4.78 is 4.53. The number of para-hydroxylation sites is 1. The van der Waals surface area contributed by atoms with Gasteiger partial charge in [-0.15, -0.1) is 0 Å². The highest BCUT2D eigenvalue weighted by molar-refractivity contribution is 9.10. The van der Waals surface area contributed by atoms with Gasteiger partial charge in [-0.2, -0.15) is 0 Å². The van der Waals surface area contributed by atoms with Crippen LogP contribution in [0.4, 0.5) is 11.5 Å². The molecule has 0 aliphatic rings. The molecule has 4 nitrogen and oxygen atoms in total. The van der Waals surface area contributed by atoms with Gasteiger partial charge in [0.15, 0.2) is 4.96 Å². The van der Waals surface area contributed by atoms with Gasteiger partial charge in [0.05, 0.1) is 10.2 Å². The molecule has 0 radical (unpaired) electrons. The van der Waals surface area contributed by atoms with Gasteiger partial charge in [-0.3, -0.25) is 4.40 Å². The predicted molar refractivity (Wildman–Crippen MR) is 130 cm³/mol. The smallest absolute Gasteiger partial charge is 0.197 e. The van der Waals surface area contributed by atoms with Crippen LogP contribution in [0.3, 0.4) is 0 Å². The van der Waals surface area contributed by atoms with Crippen LogP contribution in [0.15, 0.2) is 77.4 Å². The molecule has 6 aromatic rings. The van der Waals surface area contributed by atoms with Gasteiger partial charge in [-0.1, -0.05) is 51.5 Å². The molecule has 0 bridgehead atoms. The van der Waals surface area contributed by atoms with Crippen LogP contribution in [0, 0.1) is 6.92 Å². The van der Waals surface area contributed by atoms with E-state index in [9.17, 15) is 0 Å². The first-order valence-electron chi connectivity index (χ1n) is 9.68. The van der Waals surface area contributed by atoms with Crippen molar-refractivity contribution in [2.45, 2.75) is 6.92 Å². The van der Waals surface area contributed by atoms with Gasteiger partial charge in [-0.25, -0.2) is 4.98 Å². The number of aromatic nitrogens is 3. The lowest BCUT2D eigenvalue weighted by Crippen LogP contribution is -1.96. The lowest BCUT2D eigenvalue weighted by molar-refractivity contribution is 1.28. The summed E-state index contributed by atoms with van der Waals surface area (Å²) in [4.78, 5) is 9.44. The van der Waals surface area contributed by atoms with Crippen molar-refractivity contribution in [2.75, 3.05) is 5.32 Å². The Hall–Kier alpha value is -3.09. The van der Waals surface area contributed by atoms with Crippen LogP contribution in [0.1, 0.15) is 5.56 Å². The fourth-order valence-electron chi connectivity index (χ4n) is 3.92. The molecule has 0 saturated heterocycles. The van der Waals surface area contributed by atoms with Crippen LogP contribution < -0.4 is 5.32 Å². The first-order chi connectivity index (χ1) is 14.7. The Morgan fingerprint density at radius 1 is 1.03 bits per heavy atom. The lowest BCUT2D eigenvalue weighted by Gasteiger charge is -2.09. The molecule has 3 heterocycles. The van der Waals surface area contributed by atoms with E-state index in [1.807, 2.05) is 18.2 Å². The third-order valence-electron chi connectivity index (χ3n) is 5.36. The summed E-state index contributed by atoms with van der Waals surface area (Å²) in [6.07, 6.45) is 2.05. The SMILES string of the molecule is Cc1ccc2c(c1)sc1nc(-c3c[nH]c4ccccc34)c(Nc3ccc(Br)cc3)n12. The molecule has 30 heavy (non-hydrogen) atoms.